The second-order valence-electron chi connectivity index (χ2n) is 4.13. The van der Waals surface area contributed by atoms with E-state index in [0.29, 0.717) is 34.2 Å². The molecular weight excluding hydrogens is 309 g/mol. The first-order valence-corrected chi connectivity index (χ1v) is 6.77. The van der Waals surface area contributed by atoms with E-state index in [2.05, 4.69) is 5.16 Å². The van der Waals surface area contributed by atoms with Gasteiger partial charge >= 0.3 is 0 Å². The highest BCUT2D eigenvalue weighted by atomic mass is 35.5. The van der Waals surface area contributed by atoms with Gasteiger partial charge in [0.2, 0.25) is 0 Å². The molecule has 0 heterocycles. The van der Waals surface area contributed by atoms with Gasteiger partial charge < -0.3 is 5.21 Å². The fraction of sp³-hybridized carbons (Fsp3) is 0.231. The van der Waals surface area contributed by atoms with E-state index in [4.69, 9.17) is 40.0 Å². The van der Waals surface area contributed by atoms with Gasteiger partial charge in [-0.15, -0.1) is 0 Å². The lowest BCUT2D eigenvalue weighted by Gasteiger charge is -2.17. The summed E-state index contributed by atoms with van der Waals surface area (Å²) in [6.45, 7) is 0. The van der Waals surface area contributed by atoms with Crippen molar-refractivity contribution in [1.29, 1.82) is 0 Å². The van der Waals surface area contributed by atoms with Crippen LogP contribution < -0.4 is 0 Å². The van der Waals surface area contributed by atoms with E-state index in [1.165, 1.54) is 12.1 Å². The van der Waals surface area contributed by atoms with Crippen LogP contribution in [0.5, 0.6) is 0 Å². The van der Waals surface area contributed by atoms with Crippen LogP contribution in [0, 0.1) is 0 Å². The van der Waals surface area contributed by atoms with E-state index < -0.39 is 0 Å². The molecule has 2 rings (SSSR count). The van der Waals surface area contributed by atoms with Crippen LogP contribution in [0.4, 0.5) is 0 Å². The maximum atomic E-state index is 12.4. The first kappa shape index (κ1) is 14.4. The van der Waals surface area contributed by atoms with Crippen molar-refractivity contribution >= 4 is 46.3 Å². The Morgan fingerprint density at radius 3 is 2.58 bits per heavy atom. The number of carbonyl (C=O) groups is 1. The zero-order valence-electron chi connectivity index (χ0n) is 9.79. The van der Waals surface area contributed by atoms with Crippen LogP contribution in [0.25, 0.3) is 0 Å². The zero-order chi connectivity index (χ0) is 14.0. The van der Waals surface area contributed by atoms with Gasteiger partial charge in [0.05, 0.1) is 16.3 Å². The molecule has 1 N–H and O–H groups in total. The van der Waals surface area contributed by atoms with Crippen LogP contribution in [0.1, 0.15) is 29.6 Å². The minimum atomic E-state index is -0.348. The van der Waals surface area contributed by atoms with E-state index >= 15 is 0 Å². The zero-order valence-corrected chi connectivity index (χ0v) is 12.1. The molecule has 0 aromatic heterocycles. The second kappa shape index (κ2) is 5.95. The van der Waals surface area contributed by atoms with Crippen molar-refractivity contribution in [3.05, 3.63) is 44.4 Å². The quantitative estimate of drug-likeness (QED) is 0.489. The van der Waals surface area contributed by atoms with Crippen molar-refractivity contribution in [3.63, 3.8) is 0 Å². The molecule has 0 spiro atoms. The van der Waals surface area contributed by atoms with E-state index in [1.807, 2.05) is 0 Å². The summed E-state index contributed by atoms with van der Waals surface area (Å²) in [5, 5.41) is 13.2. The lowest BCUT2D eigenvalue weighted by Crippen LogP contribution is -2.18. The largest absolute Gasteiger partial charge is 0.411 e. The molecule has 0 amide bonds. The summed E-state index contributed by atoms with van der Waals surface area (Å²) < 4.78 is 0. The molecule has 1 aliphatic carbocycles. The normalized spacial score (nSPS) is 17.9. The molecular formula is C13H10Cl3NO2. The number of halogens is 3. The molecule has 3 nitrogen and oxygen atoms in total. The van der Waals surface area contributed by atoms with Crippen LogP contribution in [0.15, 0.2) is 34.0 Å². The third-order valence-electron chi connectivity index (χ3n) is 2.89. The van der Waals surface area contributed by atoms with Crippen molar-refractivity contribution in [2.24, 2.45) is 5.16 Å². The Hall–Kier alpha value is -1.03. The number of hydrogen-bond acceptors (Lipinski definition) is 3. The van der Waals surface area contributed by atoms with Gasteiger partial charge in [0, 0.05) is 15.6 Å². The van der Waals surface area contributed by atoms with E-state index in [0.717, 1.165) is 6.42 Å². The van der Waals surface area contributed by atoms with Gasteiger partial charge in [0.25, 0.3) is 0 Å². The van der Waals surface area contributed by atoms with E-state index in [-0.39, 0.29) is 16.4 Å². The van der Waals surface area contributed by atoms with Gasteiger partial charge in [-0.1, -0.05) is 40.0 Å². The predicted octanol–water partition coefficient (Wildman–Crippen LogP) is 4.68. The Morgan fingerprint density at radius 1 is 1.21 bits per heavy atom. The Bertz CT molecular complexity index is 594. The number of nitrogens with zero attached hydrogens (tertiary/aromatic N) is 1. The first-order chi connectivity index (χ1) is 9.04. The molecule has 0 bridgehead atoms. The first-order valence-electron chi connectivity index (χ1n) is 5.64. The third-order valence-corrected chi connectivity index (χ3v) is 3.82. The summed E-state index contributed by atoms with van der Waals surface area (Å²) in [6.07, 6.45) is 1.86. The topological polar surface area (TPSA) is 49.7 Å². The van der Waals surface area contributed by atoms with E-state index in [1.54, 1.807) is 6.07 Å². The number of carbonyl (C=O) groups excluding carboxylic acids is 1. The molecule has 0 aliphatic heterocycles. The van der Waals surface area contributed by atoms with Crippen molar-refractivity contribution in [3.8, 4) is 0 Å². The number of allylic oxidation sites excluding steroid dienone is 2. The number of rotatable bonds is 2. The fourth-order valence-electron chi connectivity index (χ4n) is 1.98. The molecule has 0 atom stereocenters. The van der Waals surface area contributed by atoms with Crippen LogP contribution in [0.3, 0.4) is 0 Å². The lowest BCUT2D eigenvalue weighted by atomic mass is 9.91. The van der Waals surface area contributed by atoms with Gasteiger partial charge in [0.1, 0.15) is 0 Å². The molecule has 19 heavy (non-hydrogen) atoms. The lowest BCUT2D eigenvalue weighted by molar-refractivity contribution is 0.103. The Kier molecular flexibility index (Phi) is 4.50. The standard InChI is InChI=1S/C13H10Cl3NO2/c14-7-4-5-8(10(16)6-7)13(18)12-9(15)2-1-3-11(12)17-19/h4-6,19H,1-3H2/b17-11+. The molecule has 0 radical (unpaired) electrons. The van der Waals surface area contributed by atoms with Crippen molar-refractivity contribution in [2.45, 2.75) is 19.3 Å². The van der Waals surface area contributed by atoms with Crippen molar-refractivity contribution in [2.75, 3.05) is 0 Å². The Balaban J connectivity index is 2.48. The molecule has 0 fully saturated rings. The molecule has 6 heteroatoms. The second-order valence-corrected chi connectivity index (χ2v) is 5.43. The smallest absolute Gasteiger partial charge is 0.197 e. The van der Waals surface area contributed by atoms with E-state index in [9.17, 15) is 4.79 Å². The summed E-state index contributed by atoms with van der Waals surface area (Å²) in [7, 11) is 0. The summed E-state index contributed by atoms with van der Waals surface area (Å²) in [5.74, 6) is -0.348. The minimum absolute atomic E-state index is 0.236. The Labute approximate surface area is 125 Å². The SMILES string of the molecule is O=C(C1=C(Cl)CCC/C1=N\O)c1ccc(Cl)cc1Cl. The highest BCUT2D eigenvalue weighted by molar-refractivity contribution is 6.43. The number of benzene rings is 1. The summed E-state index contributed by atoms with van der Waals surface area (Å²) in [6, 6.07) is 4.60. The summed E-state index contributed by atoms with van der Waals surface area (Å²) >= 11 is 17.9. The Morgan fingerprint density at radius 2 is 1.95 bits per heavy atom. The van der Waals surface area contributed by atoms with Crippen molar-refractivity contribution < 1.29 is 10.0 Å². The number of hydrogen-bond donors (Lipinski definition) is 1. The average molecular weight is 319 g/mol. The molecule has 0 saturated heterocycles. The van der Waals surface area contributed by atoms with Crippen LogP contribution in [0.2, 0.25) is 10.0 Å². The number of ketones is 1. The van der Waals surface area contributed by atoms with Gasteiger partial charge in [-0.3, -0.25) is 4.79 Å². The molecule has 100 valence electrons. The highest BCUT2D eigenvalue weighted by Crippen LogP contribution is 2.31. The third kappa shape index (κ3) is 2.94. The van der Waals surface area contributed by atoms with Crippen LogP contribution in [-0.2, 0) is 0 Å². The molecule has 0 saturated carbocycles. The van der Waals surface area contributed by atoms with Gasteiger partial charge in [0.15, 0.2) is 5.78 Å². The van der Waals surface area contributed by atoms with Gasteiger partial charge in [-0.2, -0.15) is 0 Å². The fourth-order valence-corrected chi connectivity index (χ4v) is 2.80. The molecule has 0 unspecified atom stereocenters. The summed E-state index contributed by atoms with van der Waals surface area (Å²) in [5.41, 5.74) is 0.828. The predicted molar refractivity (Wildman–Crippen MR) is 76.7 cm³/mol. The minimum Gasteiger partial charge on any atom is -0.411 e. The van der Waals surface area contributed by atoms with Gasteiger partial charge in [-0.25, -0.2) is 0 Å². The number of oxime groups is 1. The molecule has 1 aliphatic rings. The monoisotopic (exact) mass is 317 g/mol. The highest BCUT2D eigenvalue weighted by Gasteiger charge is 2.26. The number of Topliss-reactive ketones (excluding diaryl/α,β-unsaturated/α-hetero) is 1. The van der Waals surface area contributed by atoms with Gasteiger partial charge in [-0.05, 0) is 37.5 Å². The van der Waals surface area contributed by atoms with Crippen molar-refractivity contribution in [1.82, 2.24) is 0 Å². The molecule has 1 aromatic rings. The maximum absolute atomic E-state index is 12.4. The molecule has 1 aromatic carbocycles. The average Bonchev–Trinajstić information content (AvgIpc) is 2.37. The van der Waals surface area contributed by atoms with Crippen LogP contribution in [-0.4, -0.2) is 16.7 Å². The maximum Gasteiger partial charge on any atom is 0.197 e. The summed E-state index contributed by atoms with van der Waals surface area (Å²) in [4.78, 5) is 12.4. The van der Waals surface area contributed by atoms with Crippen LogP contribution >= 0.6 is 34.8 Å².